The number of rotatable bonds is 3. The van der Waals surface area contributed by atoms with Crippen LogP contribution in [0, 0.1) is 0 Å². The van der Waals surface area contributed by atoms with E-state index in [1.54, 1.807) is 23.0 Å². The molecule has 0 aliphatic rings. The van der Waals surface area contributed by atoms with Crippen molar-refractivity contribution < 1.29 is 0 Å². The number of halogens is 1. The van der Waals surface area contributed by atoms with Crippen LogP contribution in [-0.2, 0) is 6.54 Å². The molecule has 0 bridgehead atoms. The van der Waals surface area contributed by atoms with E-state index in [1.165, 1.54) is 0 Å². The zero-order chi connectivity index (χ0) is 12.4. The van der Waals surface area contributed by atoms with Gasteiger partial charge >= 0.3 is 0 Å². The minimum atomic E-state index is 0.558. The summed E-state index contributed by atoms with van der Waals surface area (Å²) in [6, 6.07) is 9.38. The molecule has 0 aromatic carbocycles. The van der Waals surface area contributed by atoms with E-state index in [4.69, 9.17) is 11.6 Å². The Bertz CT molecular complexity index is 665. The van der Waals surface area contributed by atoms with Gasteiger partial charge in [-0.25, -0.2) is 4.52 Å². The van der Waals surface area contributed by atoms with Gasteiger partial charge in [-0.2, -0.15) is 4.98 Å². The second kappa shape index (κ2) is 4.62. The molecule has 0 saturated heterocycles. The highest BCUT2D eigenvalue weighted by atomic mass is 35.5. The minimum absolute atomic E-state index is 0.558. The first-order valence-corrected chi connectivity index (χ1v) is 5.85. The average Bonchev–Trinajstić information content (AvgIpc) is 2.79. The van der Waals surface area contributed by atoms with Gasteiger partial charge in [-0.05, 0) is 24.3 Å². The fourth-order valence-electron chi connectivity index (χ4n) is 1.61. The van der Waals surface area contributed by atoms with Crippen LogP contribution < -0.4 is 5.32 Å². The van der Waals surface area contributed by atoms with E-state index in [2.05, 4.69) is 20.4 Å². The maximum absolute atomic E-state index is 5.88. The van der Waals surface area contributed by atoms with Gasteiger partial charge < -0.3 is 5.32 Å². The van der Waals surface area contributed by atoms with Crippen molar-refractivity contribution in [3.63, 3.8) is 0 Å². The molecule has 1 N–H and O–H groups in total. The zero-order valence-corrected chi connectivity index (χ0v) is 10.2. The lowest BCUT2D eigenvalue weighted by Crippen LogP contribution is -2.02. The van der Waals surface area contributed by atoms with Gasteiger partial charge in [-0.3, -0.25) is 4.98 Å². The van der Waals surface area contributed by atoms with E-state index in [9.17, 15) is 0 Å². The molecule has 6 heteroatoms. The number of hydrogen-bond donors (Lipinski definition) is 1. The van der Waals surface area contributed by atoms with Crippen LogP contribution in [-0.4, -0.2) is 19.6 Å². The van der Waals surface area contributed by atoms with Crippen molar-refractivity contribution in [1.82, 2.24) is 19.6 Å². The molecule has 0 unspecified atom stereocenters. The maximum Gasteiger partial charge on any atom is 0.243 e. The van der Waals surface area contributed by atoms with Crippen molar-refractivity contribution >= 4 is 23.2 Å². The van der Waals surface area contributed by atoms with Crippen LogP contribution in [0.2, 0.25) is 5.02 Å². The molecule has 0 atom stereocenters. The number of nitrogens with zero attached hydrogens (tertiary/aromatic N) is 4. The van der Waals surface area contributed by atoms with Crippen LogP contribution >= 0.6 is 11.6 Å². The molecular weight excluding hydrogens is 250 g/mol. The Morgan fingerprint density at radius 1 is 1.22 bits per heavy atom. The molecular formula is C12H10ClN5. The Morgan fingerprint density at radius 2 is 2.17 bits per heavy atom. The van der Waals surface area contributed by atoms with Gasteiger partial charge in [0.1, 0.15) is 0 Å². The van der Waals surface area contributed by atoms with E-state index >= 15 is 0 Å². The van der Waals surface area contributed by atoms with Crippen molar-refractivity contribution in [2.24, 2.45) is 0 Å². The van der Waals surface area contributed by atoms with Crippen LogP contribution in [0.25, 0.3) is 5.65 Å². The van der Waals surface area contributed by atoms with Crippen LogP contribution in [0.4, 0.5) is 5.95 Å². The molecule has 3 rings (SSSR count). The second-order valence-corrected chi connectivity index (χ2v) is 4.20. The molecule has 3 aromatic rings. The van der Waals surface area contributed by atoms with Crippen LogP contribution in [0.5, 0.6) is 0 Å². The Kier molecular flexibility index (Phi) is 2.82. The highest BCUT2D eigenvalue weighted by Gasteiger charge is 2.03. The summed E-state index contributed by atoms with van der Waals surface area (Å²) >= 11 is 5.88. The van der Waals surface area contributed by atoms with Crippen molar-refractivity contribution in [3.05, 3.63) is 53.4 Å². The molecule has 0 radical (unpaired) electrons. The number of pyridine rings is 2. The van der Waals surface area contributed by atoms with E-state index < -0.39 is 0 Å². The van der Waals surface area contributed by atoms with Gasteiger partial charge in [0.15, 0.2) is 5.65 Å². The second-order valence-electron chi connectivity index (χ2n) is 3.76. The van der Waals surface area contributed by atoms with Crippen molar-refractivity contribution in [2.75, 3.05) is 5.32 Å². The van der Waals surface area contributed by atoms with Gasteiger partial charge in [-0.1, -0.05) is 17.7 Å². The van der Waals surface area contributed by atoms with Gasteiger partial charge in [-0.15, -0.1) is 5.10 Å². The topological polar surface area (TPSA) is 55.1 Å². The number of nitrogens with one attached hydrogen (secondary N) is 1. The monoisotopic (exact) mass is 259 g/mol. The molecule has 5 nitrogen and oxygen atoms in total. The summed E-state index contributed by atoms with van der Waals surface area (Å²) in [5, 5.41) is 8.02. The van der Waals surface area contributed by atoms with Crippen molar-refractivity contribution in [3.8, 4) is 0 Å². The highest BCUT2D eigenvalue weighted by molar-refractivity contribution is 6.30. The SMILES string of the molecule is Clc1ccc2nc(NCc3ccccn3)nn2c1. The predicted octanol–water partition coefficient (Wildman–Crippen LogP) is 2.39. The average molecular weight is 260 g/mol. The molecule has 0 aliphatic carbocycles. The minimum Gasteiger partial charge on any atom is -0.347 e. The Balaban J connectivity index is 1.79. The molecule has 3 heterocycles. The van der Waals surface area contributed by atoms with E-state index in [0.717, 1.165) is 11.3 Å². The third-order valence-electron chi connectivity index (χ3n) is 2.45. The summed E-state index contributed by atoms with van der Waals surface area (Å²) in [5.74, 6) is 0.558. The summed E-state index contributed by atoms with van der Waals surface area (Å²) in [7, 11) is 0. The predicted molar refractivity (Wildman–Crippen MR) is 69.6 cm³/mol. The highest BCUT2D eigenvalue weighted by Crippen LogP contribution is 2.11. The molecule has 0 saturated carbocycles. The lowest BCUT2D eigenvalue weighted by atomic mass is 10.3. The first kappa shape index (κ1) is 11.0. The zero-order valence-electron chi connectivity index (χ0n) is 9.42. The number of hydrogen-bond acceptors (Lipinski definition) is 4. The summed E-state index contributed by atoms with van der Waals surface area (Å²) in [5.41, 5.74) is 1.69. The van der Waals surface area contributed by atoms with Crippen molar-refractivity contribution in [1.29, 1.82) is 0 Å². The molecule has 90 valence electrons. The third-order valence-corrected chi connectivity index (χ3v) is 2.67. The lowest BCUT2D eigenvalue weighted by molar-refractivity contribution is 0.942. The Morgan fingerprint density at radius 3 is 3.00 bits per heavy atom. The molecule has 0 spiro atoms. The summed E-state index contributed by atoms with van der Waals surface area (Å²) < 4.78 is 1.64. The Labute approximate surface area is 108 Å². The Hall–Kier alpha value is -2.14. The van der Waals surface area contributed by atoms with Crippen LogP contribution in [0.15, 0.2) is 42.7 Å². The van der Waals surface area contributed by atoms with Crippen molar-refractivity contribution in [2.45, 2.75) is 6.54 Å². The van der Waals surface area contributed by atoms with E-state index in [1.807, 2.05) is 24.3 Å². The number of anilines is 1. The van der Waals surface area contributed by atoms with Crippen LogP contribution in [0.3, 0.4) is 0 Å². The van der Waals surface area contributed by atoms with Crippen LogP contribution in [0.1, 0.15) is 5.69 Å². The van der Waals surface area contributed by atoms with Gasteiger partial charge in [0.05, 0.1) is 17.3 Å². The number of fused-ring (bicyclic) bond motifs is 1. The third kappa shape index (κ3) is 2.26. The van der Waals surface area contributed by atoms with Gasteiger partial charge in [0.2, 0.25) is 5.95 Å². The van der Waals surface area contributed by atoms with Gasteiger partial charge in [0, 0.05) is 12.4 Å². The smallest absolute Gasteiger partial charge is 0.243 e. The summed E-state index contributed by atoms with van der Waals surface area (Å²) in [6.45, 7) is 0.589. The fourth-order valence-corrected chi connectivity index (χ4v) is 1.76. The van der Waals surface area contributed by atoms with Gasteiger partial charge in [0.25, 0.3) is 0 Å². The first-order valence-electron chi connectivity index (χ1n) is 5.47. The lowest BCUT2D eigenvalue weighted by Gasteiger charge is -1.99. The fraction of sp³-hybridized carbons (Fsp3) is 0.0833. The summed E-state index contributed by atoms with van der Waals surface area (Å²) in [6.07, 6.45) is 3.48. The molecule has 18 heavy (non-hydrogen) atoms. The molecule has 0 fully saturated rings. The van der Waals surface area contributed by atoms with E-state index in [-0.39, 0.29) is 0 Å². The normalized spacial score (nSPS) is 10.7. The first-order chi connectivity index (χ1) is 8.81. The number of aromatic nitrogens is 4. The molecule has 3 aromatic heterocycles. The summed E-state index contributed by atoms with van der Waals surface area (Å²) in [4.78, 5) is 8.54. The molecule has 0 amide bonds. The maximum atomic E-state index is 5.88. The quantitative estimate of drug-likeness (QED) is 0.785. The standard InChI is InChI=1S/C12H10ClN5/c13-9-4-5-11-16-12(17-18(11)8-9)15-7-10-3-1-2-6-14-10/h1-6,8H,7H2,(H,15,17). The largest absolute Gasteiger partial charge is 0.347 e. The molecule has 0 aliphatic heterocycles. The van der Waals surface area contributed by atoms with E-state index in [0.29, 0.717) is 17.5 Å².